The summed E-state index contributed by atoms with van der Waals surface area (Å²) in [6.07, 6.45) is 3.04. The molecule has 2 fully saturated rings. The molecule has 2 heterocycles. The van der Waals surface area contributed by atoms with Crippen LogP contribution in [-0.4, -0.2) is 25.9 Å². The van der Waals surface area contributed by atoms with Crippen molar-refractivity contribution in [2.45, 2.75) is 31.0 Å². The van der Waals surface area contributed by atoms with E-state index in [1.54, 1.807) is 0 Å². The summed E-state index contributed by atoms with van der Waals surface area (Å²) in [5, 5.41) is 0. The molecule has 3 aliphatic rings. The highest BCUT2D eigenvalue weighted by atomic mass is 16.6. The van der Waals surface area contributed by atoms with Crippen molar-refractivity contribution < 1.29 is 14.2 Å². The second-order valence-electron chi connectivity index (χ2n) is 10.8. The Morgan fingerprint density at radius 2 is 1.54 bits per heavy atom. The van der Waals surface area contributed by atoms with E-state index in [0.29, 0.717) is 6.61 Å². The summed E-state index contributed by atoms with van der Waals surface area (Å²) in [5.74, 6) is 0.896. The molecule has 3 nitrogen and oxygen atoms in total. The van der Waals surface area contributed by atoms with Crippen LogP contribution in [0.2, 0.25) is 0 Å². The highest BCUT2D eigenvalue weighted by molar-refractivity contribution is 5.86. The van der Waals surface area contributed by atoms with Gasteiger partial charge in [0.1, 0.15) is 24.6 Å². The van der Waals surface area contributed by atoms with Gasteiger partial charge in [0.25, 0.3) is 0 Å². The van der Waals surface area contributed by atoms with Crippen LogP contribution in [0.5, 0.6) is 5.75 Å². The van der Waals surface area contributed by atoms with Gasteiger partial charge in [-0.3, -0.25) is 0 Å². The summed E-state index contributed by atoms with van der Waals surface area (Å²) in [6, 6.07) is 31.3. The molecule has 39 heavy (non-hydrogen) atoms. The number of hydrogen-bond donors (Lipinski definition) is 0. The van der Waals surface area contributed by atoms with E-state index in [-0.39, 0.29) is 12.2 Å². The molecule has 0 aromatic heterocycles. The van der Waals surface area contributed by atoms with Gasteiger partial charge < -0.3 is 14.2 Å². The van der Waals surface area contributed by atoms with Crippen LogP contribution in [0.25, 0.3) is 16.7 Å². The molecule has 4 aromatic rings. The monoisotopic (exact) mass is 512 g/mol. The lowest BCUT2D eigenvalue weighted by Crippen LogP contribution is -2.29. The Morgan fingerprint density at radius 3 is 2.15 bits per heavy atom. The number of fused-ring (bicyclic) bond motifs is 3. The van der Waals surface area contributed by atoms with Gasteiger partial charge in [0.05, 0.1) is 18.6 Å². The molecular formula is C36H32O3. The quantitative estimate of drug-likeness (QED) is 0.150. The summed E-state index contributed by atoms with van der Waals surface area (Å²) in [6.45, 7) is 12.6. The predicted octanol–water partition coefficient (Wildman–Crippen LogP) is 7.66. The number of allylic oxidation sites excluding steroid dienone is 2. The topological polar surface area (TPSA) is 34.3 Å². The third kappa shape index (κ3) is 3.96. The van der Waals surface area contributed by atoms with E-state index in [2.05, 4.69) is 105 Å². The maximum absolute atomic E-state index is 6.21. The van der Waals surface area contributed by atoms with E-state index in [1.165, 1.54) is 44.5 Å². The molecule has 0 saturated carbocycles. The predicted molar refractivity (Wildman–Crippen MR) is 156 cm³/mol. The molecule has 1 aliphatic carbocycles. The summed E-state index contributed by atoms with van der Waals surface area (Å²) < 4.78 is 17.3. The molecule has 4 aromatic carbocycles. The third-order valence-corrected chi connectivity index (χ3v) is 8.26. The SMILES string of the molecule is C=CCc1cc(C2(c3ccc(C4CO4)c(C(=C)C)c3)c3ccccc3-c3ccccc32)ccc1OCC1CO1. The van der Waals surface area contributed by atoms with Gasteiger partial charge in [-0.15, -0.1) is 6.58 Å². The van der Waals surface area contributed by atoms with Gasteiger partial charge in [-0.25, -0.2) is 0 Å². The summed E-state index contributed by atoms with van der Waals surface area (Å²) >= 11 is 0. The molecule has 2 aliphatic heterocycles. The van der Waals surface area contributed by atoms with Gasteiger partial charge in [-0.1, -0.05) is 91.0 Å². The fourth-order valence-electron chi connectivity index (χ4n) is 6.31. The molecule has 2 saturated heterocycles. The second-order valence-corrected chi connectivity index (χ2v) is 10.8. The van der Waals surface area contributed by atoms with Crippen molar-refractivity contribution >= 4 is 5.57 Å². The van der Waals surface area contributed by atoms with Gasteiger partial charge in [0.15, 0.2) is 0 Å². The lowest BCUT2D eigenvalue weighted by atomic mass is 9.66. The molecule has 2 atom stereocenters. The lowest BCUT2D eigenvalue weighted by Gasteiger charge is -2.35. The number of epoxide rings is 2. The first-order valence-electron chi connectivity index (χ1n) is 13.7. The summed E-state index contributed by atoms with van der Waals surface area (Å²) in [5.41, 5.74) is 11.7. The highest BCUT2D eigenvalue weighted by Gasteiger charge is 2.46. The average Bonchev–Trinajstić information content (AvgIpc) is 3.90. The van der Waals surface area contributed by atoms with Crippen molar-refractivity contribution in [3.63, 3.8) is 0 Å². The molecule has 0 bridgehead atoms. The van der Waals surface area contributed by atoms with Crippen molar-refractivity contribution in [2.24, 2.45) is 0 Å². The number of benzene rings is 4. The summed E-state index contributed by atoms with van der Waals surface area (Å²) in [4.78, 5) is 0. The summed E-state index contributed by atoms with van der Waals surface area (Å²) in [7, 11) is 0. The van der Waals surface area contributed by atoms with Gasteiger partial charge >= 0.3 is 0 Å². The van der Waals surface area contributed by atoms with Gasteiger partial charge in [-0.05, 0) is 75.5 Å². The second kappa shape index (κ2) is 9.37. The van der Waals surface area contributed by atoms with E-state index in [4.69, 9.17) is 14.2 Å². The Kier molecular flexibility index (Phi) is 5.80. The van der Waals surface area contributed by atoms with Gasteiger partial charge in [-0.2, -0.15) is 0 Å². The molecule has 7 rings (SSSR count). The Morgan fingerprint density at radius 1 is 0.897 bits per heavy atom. The van der Waals surface area contributed by atoms with Crippen LogP contribution in [0.15, 0.2) is 104 Å². The zero-order valence-corrected chi connectivity index (χ0v) is 22.3. The van der Waals surface area contributed by atoms with E-state index in [0.717, 1.165) is 36.5 Å². The molecule has 0 spiro atoms. The maximum atomic E-state index is 6.21. The fourth-order valence-corrected chi connectivity index (χ4v) is 6.31. The smallest absolute Gasteiger partial charge is 0.122 e. The first kappa shape index (κ1) is 24.1. The van der Waals surface area contributed by atoms with Crippen LogP contribution >= 0.6 is 0 Å². The van der Waals surface area contributed by atoms with E-state index in [1.807, 2.05) is 6.08 Å². The van der Waals surface area contributed by atoms with Gasteiger partial charge in [0, 0.05) is 0 Å². The van der Waals surface area contributed by atoms with Crippen LogP contribution in [0.1, 0.15) is 52.0 Å². The average molecular weight is 513 g/mol. The van der Waals surface area contributed by atoms with Crippen molar-refractivity contribution in [1.82, 2.24) is 0 Å². The zero-order chi connectivity index (χ0) is 26.6. The minimum Gasteiger partial charge on any atom is -0.490 e. The minimum absolute atomic E-state index is 0.163. The minimum atomic E-state index is -0.492. The molecule has 2 unspecified atom stereocenters. The molecule has 194 valence electrons. The number of rotatable bonds is 9. The Labute approximate surface area is 230 Å². The van der Waals surface area contributed by atoms with Crippen molar-refractivity contribution in [3.05, 3.63) is 143 Å². The van der Waals surface area contributed by atoms with Crippen LogP contribution in [-0.2, 0) is 21.3 Å². The Bertz CT molecular complexity index is 1560. The van der Waals surface area contributed by atoms with Crippen LogP contribution in [0.4, 0.5) is 0 Å². The Hall–Kier alpha value is -3.92. The number of ether oxygens (including phenoxy) is 3. The van der Waals surface area contributed by atoms with Crippen molar-refractivity contribution in [3.8, 4) is 16.9 Å². The van der Waals surface area contributed by atoms with E-state index < -0.39 is 5.41 Å². The van der Waals surface area contributed by atoms with Gasteiger partial charge in [0.2, 0.25) is 0 Å². The molecular weight excluding hydrogens is 480 g/mol. The molecule has 0 N–H and O–H groups in total. The highest BCUT2D eigenvalue weighted by Crippen LogP contribution is 2.57. The van der Waals surface area contributed by atoms with E-state index in [9.17, 15) is 0 Å². The largest absolute Gasteiger partial charge is 0.490 e. The van der Waals surface area contributed by atoms with E-state index >= 15 is 0 Å². The first-order chi connectivity index (χ1) is 19.1. The number of hydrogen-bond acceptors (Lipinski definition) is 3. The third-order valence-electron chi connectivity index (χ3n) is 8.26. The molecule has 0 amide bonds. The normalized spacial score (nSPS) is 19.6. The standard InChI is InChI=1S/C36H32O3/c1-4-9-24-18-25(15-17-34(24)38-21-27-20-37-27)36(26-14-16-30(35-22-39-35)31(19-26)23(2)3)32-12-7-5-10-28(32)29-11-6-8-13-33(29)36/h4-8,10-19,27,35H,1-2,9,20-22H2,3H3. The van der Waals surface area contributed by atoms with Crippen molar-refractivity contribution in [1.29, 1.82) is 0 Å². The van der Waals surface area contributed by atoms with Crippen molar-refractivity contribution in [2.75, 3.05) is 19.8 Å². The zero-order valence-electron chi connectivity index (χ0n) is 22.3. The Balaban J connectivity index is 1.50. The van der Waals surface area contributed by atoms with Crippen LogP contribution < -0.4 is 4.74 Å². The maximum Gasteiger partial charge on any atom is 0.122 e. The first-order valence-corrected chi connectivity index (χ1v) is 13.7. The fraction of sp³-hybridized carbons (Fsp3) is 0.222. The van der Waals surface area contributed by atoms with Crippen LogP contribution in [0.3, 0.4) is 0 Å². The molecule has 0 radical (unpaired) electrons. The van der Waals surface area contributed by atoms with Crippen LogP contribution in [0, 0.1) is 0 Å². The lowest BCUT2D eigenvalue weighted by molar-refractivity contribution is 0.261. The molecule has 3 heteroatoms.